The maximum absolute atomic E-state index is 14.7. The lowest BCUT2D eigenvalue weighted by Crippen LogP contribution is -2.15. The first-order valence-corrected chi connectivity index (χ1v) is 8.09. The Labute approximate surface area is 144 Å². The lowest BCUT2D eigenvalue weighted by Gasteiger charge is -2.23. The number of benzene rings is 2. The Morgan fingerprint density at radius 2 is 1.80 bits per heavy atom. The Bertz CT molecular complexity index is 900. The van der Waals surface area contributed by atoms with Crippen LogP contribution in [0.2, 0.25) is 0 Å². The molecule has 25 heavy (non-hydrogen) atoms. The van der Waals surface area contributed by atoms with Gasteiger partial charge < -0.3 is 0 Å². The van der Waals surface area contributed by atoms with E-state index in [0.29, 0.717) is 24.0 Å². The quantitative estimate of drug-likeness (QED) is 0.373. The molecule has 0 fully saturated rings. The van der Waals surface area contributed by atoms with Crippen LogP contribution in [-0.2, 0) is 12.8 Å². The Balaban J connectivity index is 1.96. The van der Waals surface area contributed by atoms with Gasteiger partial charge in [-0.3, -0.25) is 0 Å². The van der Waals surface area contributed by atoms with Crippen LogP contribution < -0.4 is 0 Å². The number of hydrogen-bond donors (Lipinski definition) is 0. The third-order valence-corrected chi connectivity index (χ3v) is 4.38. The van der Waals surface area contributed by atoms with Gasteiger partial charge in [0.2, 0.25) is 0 Å². The van der Waals surface area contributed by atoms with E-state index in [0.717, 1.165) is 18.6 Å². The highest BCUT2D eigenvalue weighted by Crippen LogP contribution is 2.31. The van der Waals surface area contributed by atoms with Crippen molar-refractivity contribution in [3.8, 4) is 11.8 Å². The van der Waals surface area contributed by atoms with E-state index in [1.165, 1.54) is 12.1 Å². The average molecular weight is 344 g/mol. The zero-order chi connectivity index (χ0) is 18.0. The van der Waals surface area contributed by atoms with Crippen LogP contribution in [0.15, 0.2) is 36.4 Å². The van der Waals surface area contributed by atoms with Crippen LogP contribution in [0.5, 0.6) is 0 Å². The monoisotopic (exact) mass is 344 g/mol. The van der Waals surface area contributed by atoms with Gasteiger partial charge in [-0.25, -0.2) is 17.6 Å². The SMILES string of the molecule is C/C=C/C1CCc2c(cc(F)c(C#Cc3ccc(F)c(F)c3)c2F)C1. The molecule has 2 aromatic rings. The second-order valence-electron chi connectivity index (χ2n) is 6.09. The zero-order valence-electron chi connectivity index (χ0n) is 13.7. The zero-order valence-corrected chi connectivity index (χ0v) is 13.7. The van der Waals surface area contributed by atoms with Gasteiger partial charge in [-0.05, 0) is 67.5 Å². The molecule has 1 aliphatic rings. The summed E-state index contributed by atoms with van der Waals surface area (Å²) in [4.78, 5) is 0. The summed E-state index contributed by atoms with van der Waals surface area (Å²) in [5.41, 5.74) is 0.996. The second-order valence-corrected chi connectivity index (χ2v) is 6.09. The highest BCUT2D eigenvalue weighted by molar-refractivity contribution is 5.48. The normalized spacial score (nSPS) is 16.4. The van der Waals surface area contributed by atoms with Gasteiger partial charge in [0, 0.05) is 5.56 Å². The van der Waals surface area contributed by atoms with Crippen molar-refractivity contribution in [2.75, 3.05) is 0 Å². The molecule has 0 saturated heterocycles. The van der Waals surface area contributed by atoms with Gasteiger partial charge in [0.05, 0.1) is 5.56 Å². The minimum Gasteiger partial charge on any atom is -0.206 e. The molecule has 3 rings (SSSR count). The summed E-state index contributed by atoms with van der Waals surface area (Å²) in [6.07, 6.45) is 5.93. The third kappa shape index (κ3) is 3.61. The molecule has 0 heterocycles. The van der Waals surface area contributed by atoms with E-state index >= 15 is 0 Å². The smallest absolute Gasteiger partial charge is 0.160 e. The molecule has 0 aliphatic heterocycles. The van der Waals surface area contributed by atoms with Crippen molar-refractivity contribution in [3.63, 3.8) is 0 Å². The van der Waals surface area contributed by atoms with E-state index < -0.39 is 23.3 Å². The minimum absolute atomic E-state index is 0.156. The standard InChI is InChI=1S/C21H16F4/c1-2-3-13-4-7-16-15(10-13)12-19(23)17(21(16)25)8-5-14-6-9-18(22)20(24)11-14/h2-3,6,9,11-13H,4,7,10H2,1H3/b3-2+. The lowest BCUT2D eigenvalue weighted by atomic mass is 9.82. The minimum atomic E-state index is -1.05. The van der Waals surface area contributed by atoms with Crippen LogP contribution in [0.1, 0.15) is 35.6 Å². The van der Waals surface area contributed by atoms with Crippen LogP contribution in [0.25, 0.3) is 0 Å². The predicted molar refractivity (Wildman–Crippen MR) is 89.0 cm³/mol. The molecular weight excluding hydrogens is 328 g/mol. The van der Waals surface area contributed by atoms with Gasteiger partial charge in [-0.15, -0.1) is 0 Å². The molecule has 0 N–H and O–H groups in total. The van der Waals surface area contributed by atoms with Crippen LogP contribution in [0.3, 0.4) is 0 Å². The molecule has 0 nitrogen and oxygen atoms in total. The van der Waals surface area contributed by atoms with E-state index in [2.05, 4.69) is 17.9 Å². The van der Waals surface area contributed by atoms with Crippen molar-refractivity contribution in [2.24, 2.45) is 5.92 Å². The summed E-state index contributed by atoms with van der Waals surface area (Å²) < 4.78 is 55.1. The van der Waals surface area contributed by atoms with E-state index in [4.69, 9.17) is 0 Å². The molecule has 0 aromatic heterocycles. The van der Waals surface area contributed by atoms with Crippen molar-refractivity contribution in [1.29, 1.82) is 0 Å². The Morgan fingerprint density at radius 3 is 2.52 bits per heavy atom. The largest absolute Gasteiger partial charge is 0.206 e. The molecule has 0 saturated carbocycles. The molecule has 0 spiro atoms. The van der Waals surface area contributed by atoms with Crippen molar-refractivity contribution in [1.82, 2.24) is 0 Å². The van der Waals surface area contributed by atoms with Crippen molar-refractivity contribution < 1.29 is 17.6 Å². The van der Waals surface area contributed by atoms with Gasteiger partial charge in [0.15, 0.2) is 11.6 Å². The fraction of sp³-hybridized carbons (Fsp3) is 0.238. The van der Waals surface area contributed by atoms with Crippen LogP contribution in [0, 0.1) is 41.0 Å². The van der Waals surface area contributed by atoms with Gasteiger partial charge in [0.1, 0.15) is 11.6 Å². The number of halogens is 4. The maximum atomic E-state index is 14.7. The number of rotatable bonds is 1. The van der Waals surface area contributed by atoms with Crippen molar-refractivity contribution >= 4 is 0 Å². The van der Waals surface area contributed by atoms with Gasteiger partial charge in [-0.1, -0.05) is 24.0 Å². The van der Waals surface area contributed by atoms with E-state index in [9.17, 15) is 17.6 Å². The molecule has 128 valence electrons. The van der Waals surface area contributed by atoms with Crippen LogP contribution >= 0.6 is 0 Å². The first kappa shape index (κ1) is 17.3. The number of fused-ring (bicyclic) bond motifs is 1. The van der Waals surface area contributed by atoms with Crippen LogP contribution in [0.4, 0.5) is 17.6 Å². The van der Waals surface area contributed by atoms with Gasteiger partial charge >= 0.3 is 0 Å². The lowest BCUT2D eigenvalue weighted by molar-refractivity contribution is 0.504. The molecular formula is C21H16F4. The van der Waals surface area contributed by atoms with Gasteiger partial charge in [-0.2, -0.15) is 0 Å². The average Bonchev–Trinajstić information content (AvgIpc) is 2.58. The summed E-state index contributed by atoms with van der Waals surface area (Å²) in [5, 5.41) is 0. The molecule has 1 unspecified atom stereocenters. The van der Waals surface area contributed by atoms with E-state index in [1.54, 1.807) is 0 Å². The molecule has 1 atom stereocenters. The van der Waals surface area contributed by atoms with Crippen LogP contribution in [-0.4, -0.2) is 0 Å². The molecule has 2 aromatic carbocycles. The van der Waals surface area contributed by atoms with Crippen molar-refractivity contribution in [2.45, 2.75) is 26.2 Å². The number of hydrogen-bond acceptors (Lipinski definition) is 0. The highest BCUT2D eigenvalue weighted by Gasteiger charge is 2.23. The summed E-state index contributed by atoms with van der Waals surface area (Å²) in [6, 6.07) is 4.43. The predicted octanol–water partition coefficient (Wildman–Crippen LogP) is 5.32. The first-order chi connectivity index (χ1) is 12.0. The molecule has 1 aliphatic carbocycles. The molecule has 0 bridgehead atoms. The fourth-order valence-electron chi connectivity index (χ4n) is 3.14. The second kappa shape index (κ2) is 7.14. The Morgan fingerprint density at radius 1 is 1.00 bits per heavy atom. The molecule has 0 radical (unpaired) electrons. The van der Waals surface area contributed by atoms with Crippen molar-refractivity contribution in [3.05, 3.63) is 81.9 Å². The maximum Gasteiger partial charge on any atom is 0.160 e. The highest BCUT2D eigenvalue weighted by atomic mass is 19.2. The third-order valence-electron chi connectivity index (χ3n) is 4.38. The van der Waals surface area contributed by atoms with E-state index in [1.807, 2.05) is 13.0 Å². The van der Waals surface area contributed by atoms with E-state index in [-0.39, 0.29) is 17.0 Å². The summed E-state index contributed by atoms with van der Waals surface area (Å²) in [5.74, 6) is 1.79. The Kier molecular flexibility index (Phi) is 4.94. The molecule has 4 heteroatoms. The first-order valence-electron chi connectivity index (χ1n) is 8.09. The molecule has 0 amide bonds. The van der Waals surface area contributed by atoms with Gasteiger partial charge in [0.25, 0.3) is 0 Å². The number of allylic oxidation sites excluding steroid dienone is 2. The fourth-order valence-corrected chi connectivity index (χ4v) is 3.14. The topological polar surface area (TPSA) is 0 Å². The summed E-state index contributed by atoms with van der Waals surface area (Å²) in [7, 11) is 0. The summed E-state index contributed by atoms with van der Waals surface area (Å²) in [6.45, 7) is 1.92. The summed E-state index contributed by atoms with van der Waals surface area (Å²) >= 11 is 0. The Hall–Kier alpha value is -2.54.